The van der Waals surface area contributed by atoms with Crippen LogP contribution >= 0.6 is 23.5 Å². The first kappa shape index (κ1) is 16.1. The Hall–Kier alpha value is -1.38. The highest BCUT2D eigenvalue weighted by atomic mass is 35.5. The molecule has 2 aliphatic heterocycles. The fourth-order valence-corrected chi connectivity index (χ4v) is 5.55. The van der Waals surface area contributed by atoms with Crippen molar-refractivity contribution < 1.29 is 0 Å². The van der Waals surface area contributed by atoms with Crippen LogP contribution in [0.2, 0.25) is 5.02 Å². The maximum Gasteiger partial charge on any atom is 0.0521 e. The number of halogens is 1. The SMILES string of the molecule is Cc1ccc(C=CC2SN3c4cccc(Cl)c4CC3C2(C)C)cc1. The fourth-order valence-electron chi connectivity index (χ4n) is 3.70. The molecule has 2 aromatic rings. The van der Waals surface area contributed by atoms with E-state index in [0.717, 1.165) is 11.4 Å². The number of fused-ring (bicyclic) bond motifs is 3. The van der Waals surface area contributed by atoms with Gasteiger partial charge in [0, 0.05) is 10.4 Å². The third-order valence-electron chi connectivity index (χ3n) is 5.37. The maximum atomic E-state index is 6.41. The van der Waals surface area contributed by atoms with E-state index in [1.54, 1.807) is 0 Å². The van der Waals surface area contributed by atoms with Gasteiger partial charge in [-0.05, 0) is 48.6 Å². The number of aryl methyl sites for hydroxylation is 1. The van der Waals surface area contributed by atoms with E-state index in [1.165, 1.54) is 22.4 Å². The van der Waals surface area contributed by atoms with E-state index in [2.05, 4.69) is 73.6 Å². The monoisotopic (exact) mass is 355 g/mol. The molecule has 0 N–H and O–H groups in total. The quantitative estimate of drug-likeness (QED) is 0.594. The molecule has 2 aromatic carbocycles. The number of nitrogens with zero attached hydrogens (tertiary/aromatic N) is 1. The van der Waals surface area contributed by atoms with Gasteiger partial charge < -0.3 is 4.31 Å². The van der Waals surface area contributed by atoms with Gasteiger partial charge in [0.1, 0.15) is 0 Å². The highest BCUT2D eigenvalue weighted by molar-refractivity contribution is 8.01. The molecule has 1 saturated heterocycles. The number of hydrogen-bond donors (Lipinski definition) is 0. The van der Waals surface area contributed by atoms with Crippen molar-refractivity contribution in [1.82, 2.24) is 0 Å². The number of rotatable bonds is 2. The predicted octanol–water partition coefficient (Wildman–Crippen LogP) is 6.15. The topological polar surface area (TPSA) is 3.24 Å². The number of anilines is 1. The molecule has 0 spiro atoms. The Morgan fingerprint density at radius 2 is 1.92 bits per heavy atom. The van der Waals surface area contributed by atoms with E-state index in [-0.39, 0.29) is 5.41 Å². The molecular weight excluding hydrogens is 334 g/mol. The highest BCUT2D eigenvalue weighted by Crippen LogP contribution is 2.56. The molecule has 0 bridgehead atoms. The maximum absolute atomic E-state index is 6.41. The van der Waals surface area contributed by atoms with Gasteiger partial charge in [0.25, 0.3) is 0 Å². The van der Waals surface area contributed by atoms with Crippen molar-refractivity contribution in [2.24, 2.45) is 5.41 Å². The van der Waals surface area contributed by atoms with Gasteiger partial charge in [-0.15, -0.1) is 0 Å². The summed E-state index contributed by atoms with van der Waals surface area (Å²) in [6, 6.07) is 15.5. The van der Waals surface area contributed by atoms with Crippen LogP contribution in [0.15, 0.2) is 48.5 Å². The molecule has 2 atom stereocenters. The lowest BCUT2D eigenvalue weighted by atomic mass is 9.79. The summed E-state index contributed by atoms with van der Waals surface area (Å²) in [6.07, 6.45) is 5.68. The Morgan fingerprint density at radius 1 is 1.17 bits per heavy atom. The van der Waals surface area contributed by atoms with Crippen molar-refractivity contribution in [2.45, 2.75) is 38.5 Å². The van der Waals surface area contributed by atoms with Crippen LogP contribution in [0.4, 0.5) is 5.69 Å². The van der Waals surface area contributed by atoms with Gasteiger partial charge in [0.2, 0.25) is 0 Å². The van der Waals surface area contributed by atoms with E-state index in [9.17, 15) is 0 Å². The Labute approximate surface area is 153 Å². The summed E-state index contributed by atoms with van der Waals surface area (Å²) in [5, 5.41) is 1.38. The Kier molecular flexibility index (Phi) is 3.93. The second-order valence-corrected chi connectivity index (χ2v) is 8.92. The summed E-state index contributed by atoms with van der Waals surface area (Å²) in [6.45, 7) is 6.89. The lowest BCUT2D eigenvalue weighted by Gasteiger charge is -2.28. The minimum Gasteiger partial charge on any atom is -0.311 e. The summed E-state index contributed by atoms with van der Waals surface area (Å²) in [7, 11) is 0. The zero-order chi connectivity index (χ0) is 16.9. The van der Waals surface area contributed by atoms with Crippen LogP contribution in [0.25, 0.3) is 6.08 Å². The summed E-state index contributed by atoms with van der Waals surface area (Å²) in [4.78, 5) is 0. The molecule has 1 nitrogen and oxygen atoms in total. The summed E-state index contributed by atoms with van der Waals surface area (Å²) >= 11 is 8.36. The molecule has 0 amide bonds. The van der Waals surface area contributed by atoms with Crippen LogP contribution in [-0.4, -0.2) is 11.3 Å². The lowest BCUT2D eigenvalue weighted by Crippen LogP contribution is -2.36. The smallest absolute Gasteiger partial charge is 0.0521 e. The molecule has 0 radical (unpaired) electrons. The van der Waals surface area contributed by atoms with Crippen molar-refractivity contribution in [3.05, 3.63) is 70.3 Å². The van der Waals surface area contributed by atoms with Crippen molar-refractivity contribution in [1.29, 1.82) is 0 Å². The zero-order valence-electron chi connectivity index (χ0n) is 14.3. The van der Waals surface area contributed by atoms with Gasteiger partial charge in [-0.2, -0.15) is 0 Å². The minimum atomic E-state index is 0.203. The standard InChI is InChI=1S/C21H22ClNS/c1-14-7-9-15(10-8-14)11-12-20-21(2,3)19-13-16-17(22)5-4-6-18(16)23(19)24-20/h4-12,19-20H,13H2,1-3H3. The molecule has 0 saturated carbocycles. The van der Waals surface area contributed by atoms with E-state index in [0.29, 0.717) is 11.3 Å². The molecule has 124 valence electrons. The van der Waals surface area contributed by atoms with Crippen LogP contribution < -0.4 is 4.31 Å². The first-order valence-electron chi connectivity index (χ1n) is 8.45. The van der Waals surface area contributed by atoms with E-state index >= 15 is 0 Å². The zero-order valence-corrected chi connectivity index (χ0v) is 15.9. The van der Waals surface area contributed by atoms with Crippen molar-refractivity contribution in [2.75, 3.05) is 4.31 Å². The average Bonchev–Trinajstić information content (AvgIpc) is 3.04. The highest BCUT2D eigenvalue weighted by Gasteiger charge is 2.51. The molecule has 0 aliphatic carbocycles. The summed E-state index contributed by atoms with van der Waals surface area (Å²) in [5.74, 6) is 0. The molecule has 3 heteroatoms. The van der Waals surface area contributed by atoms with E-state index in [1.807, 2.05) is 18.0 Å². The molecule has 2 aliphatic rings. The van der Waals surface area contributed by atoms with Crippen molar-refractivity contribution in [3.63, 3.8) is 0 Å². The fraction of sp³-hybridized carbons (Fsp3) is 0.333. The summed E-state index contributed by atoms with van der Waals surface area (Å²) < 4.78 is 2.49. The van der Waals surface area contributed by atoms with Gasteiger partial charge in [-0.1, -0.05) is 73.5 Å². The first-order chi connectivity index (χ1) is 11.5. The molecule has 0 aromatic heterocycles. The summed E-state index contributed by atoms with van der Waals surface area (Å²) in [5.41, 5.74) is 5.39. The van der Waals surface area contributed by atoms with E-state index in [4.69, 9.17) is 11.6 Å². The molecule has 24 heavy (non-hydrogen) atoms. The van der Waals surface area contributed by atoms with Crippen LogP contribution in [0.5, 0.6) is 0 Å². The second kappa shape index (κ2) is 5.86. The second-order valence-electron chi connectivity index (χ2n) is 7.40. The van der Waals surface area contributed by atoms with Gasteiger partial charge in [0.15, 0.2) is 0 Å². The van der Waals surface area contributed by atoms with E-state index < -0.39 is 0 Å². The molecule has 2 unspecified atom stereocenters. The normalized spacial score (nSPS) is 24.4. The van der Waals surface area contributed by atoms with Crippen LogP contribution in [0, 0.1) is 12.3 Å². The van der Waals surface area contributed by atoms with Gasteiger partial charge in [-0.25, -0.2) is 0 Å². The number of benzene rings is 2. The third kappa shape index (κ3) is 2.57. The average molecular weight is 356 g/mol. The van der Waals surface area contributed by atoms with Crippen molar-refractivity contribution in [3.8, 4) is 0 Å². The molecule has 1 fully saturated rings. The molecular formula is C21H22ClNS. The first-order valence-corrected chi connectivity index (χ1v) is 9.66. The van der Waals surface area contributed by atoms with Crippen molar-refractivity contribution >= 4 is 35.3 Å². The third-order valence-corrected chi connectivity index (χ3v) is 7.40. The van der Waals surface area contributed by atoms with Gasteiger partial charge in [-0.3, -0.25) is 0 Å². The minimum absolute atomic E-state index is 0.203. The Balaban J connectivity index is 1.60. The molecule has 4 rings (SSSR count). The van der Waals surface area contributed by atoms with Crippen LogP contribution in [0.3, 0.4) is 0 Å². The number of hydrogen-bond acceptors (Lipinski definition) is 2. The Bertz CT molecular complexity index is 794. The van der Waals surface area contributed by atoms with Crippen LogP contribution in [-0.2, 0) is 6.42 Å². The Morgan fingerprint density at radius 3 is 2.67 bits per heavy atom. The molecule has 2 heterocycles. The predicted molar refractivity (Wildman–Crippen MR) is 107 cm³/mol. The lowest BCUT2D eigenvalue weighted by molar-refractivity contribution is 0.329. The van der Waals surface area contributed by atoms with Crippen LogP contribution in [0.1, 0.15) is 30.5 Å². The van der Waals surface area contributed by atoms with Gasteiger partial charge in [0.05, 0.1) is 17.0 Å². The van der Waals surface area contributed by atoms with Gasteiger partial charge >= 0.3 is 0 Å². The largest absolute Gasteiger partial charge is 0.311 e.